The first kappa shape index (κ1) is 34.2. The van der Waals surface area contributed by atoms with Crippen LogP contribution >= 0.6 is 0 Å². The molecule has 0 bridgehead atoms. The molecule has 2 aliphatic heterocycles. The SMILES string of the molecule is CCn1cc(-c2cc(Cn3ccnc3C)cc3c2OC[C@@H](Cc2ccc(F)c(N4CC(NC(=O)OC(C)(C)C)C4)n2)[C@H]3O)c(C(F)(F)F)n1. The molecule has 0 aliphatic carbocycles. The number of pyridine rings is 1. The molecule has 49 heavy (non-hydrogen) atoms. The third-order valence-electron chi connectivity index (χ3n) is 8.56. The van der Waals surface area contributed by atoms with Crippen LogP contribution < -0.4 is 15.0 Å². The first-order valence-electron chi connectivity index (χ1n) is 16.1. The maximum absolute atomic E-state index is 14.9. The highest BCUT2D eigenvalue weighted by Crippen LogP contribution is 2.47. The number of aliphatic hydroxyl groups is 1. The van der Waals surface area contributed by atoms with E-state index < -0.39 is 41.4 Å². The van der Waals surface area contributed by atoms with Gasteiger partial charge in [0.15, 0.2) is 17.3 Å². The van der Waals surface area contributed by atoms with Gasteiger partial charge in [0.2, 0.25) is 0 Å². The number of anilines is 1. The van der Waals surface area contributed by atoms with E-state index in [2.05, 4.69) is 20.4 Å². The third kappa shape index (κ3) is 7.36. The van der Waals surface area contributed by atoms with Gasteiger partial charge >= 0.3 is 12.3 Å². The number of nitrogens with one attached hydrogen (secondary N) is 1. The Kier molecular flexibility index (Phi) is 9.07. The Labute approximate surface area is 280 Å². The minimum atomic E-state index is -4.72. The predicted molar refractivity (Wildman–Crippen MR) is 172 cm³/mol. The summed E-state index contributed by atoms with van der Waals surface area (Å²) in [6.45, 7) is 10.0. The van der Waals surface area contributed by atoms with Gasteiger partial charge in [-0.1, -0.05) is 0 Å². The van der Waals surface area contributed by atoms with Crippen LogP contribution in [0.2, 0.25) is 0 Å². The maximum Gasteiger partial charge on any atom is 0.435 e. The number of fused-ring (bicyclic) bond motifs is 1. The van der Waals surface area contributed by atoms with Gasteiger partial charge in [0, 0.05) is 73.1 Å². The van der Waals surface area contributed by atoms with Gasteiger partial charge in [-0.05, 0) is 70.9 Å². The molecule has 2 N–H and O–H groups in total. The van der Waals surface area contributed by atoms with Crippen molar-refractivity contribution in [2.45, 2.75) is 78.1 Å². The second-order valence-corrected chi connectivity index (χ2v) is 13.5. The highest BCUT2D eigenvalue weighted by molar-refractivity contribution is 5.76. The van der Waals surface area contributed by atoms with E-state index >= 15 is 0 Å². The zero-order valence-electron chi connectivity index (χ0n) is 27.9. The number of alkyl carbamates (subject to hydrolysis) is 1. The summed E-state index contributed by atoms with van der Waals surface area (Å²) >= 11 is 0. The number of hydrogen-bond acceptors (Lipinski definition) is 8. The molecule has 1 saturated heterocycles. The molecule has 0 radical (unpaired) electrons. The lowest BCUT2D eigenvalue weighted by molar-refractivity contribution is -0.141. The van der Waals surface area contributed by atoms with Crippen molar-refractivity contribution in [3.63, 3.8) is 0 Å². The predicted octanol–water partition coefficient (Wildman–Crippen LogP) is 5.67. The molecule has 262 valence electrons. The largest absolute Gasteiger partial charge is 0.492 e. The van der Waals surface area contributed by atoms with Gasteiger partial charge in [0.1, 0.15) is 17.2 Å². The molecule has 0 spiro atoms. The van der Waals surface area contributed by atoms with Crippen molar-refractivity contribution in [3.05, 3.63) is 77.0 Å². The summed E-state index contributed by atoms with van der Waals surface area (Å²) in [5.41, 5.74) is -0.139. The fourth-order valence-electron chi connectivity index (χ4n) is 6.14. The molecule has 2 aliphatic rings. The van der Waals surface area contributed by atoms with Crippen LogP contribution in [0, 0.1) is 18.7 Å². The number of imidazole rings is 1. The monoisotopic (exact) mass is 685 g/mol. The van der Waals surface area contributed by atoms with E-state index in [0.29, 0.717) is 36.5 Å². The molecule has 15 heteroatoms. The van der Waals surface area contributed by atoms with Gasteiger partial charge in [0.05, 0.1) is 18.8 Å². The summed E-state index contributed by atoms with van der Waals surface area (Å²) in [5, 5.41) is 18.3. The molecular formula is C34H39F4N7O4. The van der Waals surface area contributed by atoms with Crippen LogP contribution in [0.5, 0.6) is 5.75 Å². The number of aliphatic hydroxyl groups excluding tert-OH is 1. The number of amides is 1. The standard InChI is InChI=1S/C34H39F4N7O4/c1-6-45-17-26(30(42-45)34(36,37)38)24-11-20(14-43-10-9-39-19(43)2)12-25-28(46)21(18-48-29(24)25)13-22-7-8-27(35)31(40-22)44-15-23(16-44)41-32(47)49-33(3,4)5/h7-12,17,21,23,28,46H,6,13-16,18H2,1-5H3,(H,41,47)/t21-,28-/m1/s1. The molecular weight excluding hydrogens is 646 g/mol. The number of alkyl halides is 3. The average molecular weight is 686 g/mol. The smallest absolute Gasteiger partial charge is 0.435 e. The van der Waals surface area contributed by atoms with Crippen LogP contribution in [0.3, 0.4) is 0 Å². The Morgan fingerprint density at radius 2 is 1.92 bits per heavy atom. The second-order valence-electron chi connectivity index (χ2n) is 13.5. The summed E-state index contributed by atoms with van der Waals surface area (Å²) in [5.74, 6) is -0.0552. The van der Waals surface area contributed by atoms with E-state index in [4.69, 9.17) is 9.47 Å². The second kappa shape index (κ2) is 13.0. The normalized spacial score (nSPS) is 18.1. The van der Waals surface area contributed by atoms with Crippen LogP contribution in [0.4, 0.5) is 28.2 Å². The molecule has 0 unspecified atom stereocenters. The summed E-state index contributed by atoms with van der Waals surface area (Å²) in [7, 11) is 0. The van der Waals surface area contributed by atoms with E-state index in [1.807, 2.05) is 11.5 Å². The highest BCUT2D eigenvalue weighted by atomic mass is 19.4. The Morgan fingerprint density at radius 1 is 1.16 bits per heavy atom. The summed E-state index contributed by atoms with van der Waals surface area (Å²) in [6.07, 6.45) is -1.43. The first-order chi connectivity index (χ1) is 23.1. The van der Waals surface area contributed by atoms with Crippen molar-refractivity contribution < 1.29 is 36.9 Å². The number of aromatic nitrogens is 5. The Bertz CT molecular complexity index is 1840. The molecule has 1 aromatic carbocycles. The van der Waals surface area contributed by atoms with Gasteiger partial charge in [-0.25, -0.2) is 19.2 Å². The summed E-state index contributed by atoms with van der Waals surface area (Å²) < 4.78 is 72.0. The minimum Gasteiger partial charge on any atom is -0.492 e. The lowest BCUT2D eigenvalue weighted by Crippen LogP contribution is -2.60. The fraction of sp³-hybridized carbons (Fsp3) is 0.471. The number of ether oxygens (including phenoxy) is 2. The third-order valence-corrected chi connectivity index (χ3v) is 8.56. The molecule has 3 aromatic heterocycles. The van der Waals surface area contributed by atoms with Gasteiger partial charge in [-0.2, -0.15) is 18.3 Å². The lowest BCUT2D eigenvalue weighted by atomic mass is 9.86. The summed E-state index contributed by atoms with van der Waals surface area (Å²) in [4.78, 5) is 22.6. The van der Waals surface area contributed by atoms with Gasteiger partial charge < -0.3 is 29.4 Å². The number of hydrogen-bond donors (Lipinski definition) is 2. The van der Waals surface area contributed by atoms with E-state index in [1.165, 1.54) is 23.0 Å². The summed E-state index contributed by atoms with van der Waals surface area (Å²) in [6, 6.07) is 6.00. The number of benzene rings is 1. The Balaban J connectivity index is 1.26. The van der Waals surface area contributed by atoms with Gasteiger partial charge in [-0.3, -0.25) is 4.68 Å². The van der Waals surface area contributed by atoms with Crippen molar-refractivity contribution in [2.24, 2.45) is 5.92 Å². The number of carbonyl (C=O) groups is 1. The number of halogens is 4. The van der Waals surface area contributed by atoms with Crippen molar-refractivity contribution >= 4 is 11.9 Å². The van der Waals surface area contributed by atoms with Gasteiger partial charge in [0.25, 0.3) is 0 Å². The molecule has 6 rings (SSSR count). The number of nitrogens with zero attached hydrogens (tertiary/aromatic N) is 6. The van der Waals surface area contributed by atoms with Crippen molar-refractivity contribution in [2.75, 3.05) is 24.6 Å². The van der Waals surface area contributed by atoms with E-state index in [-0.39, 0.29) is 48.3 Å². The van der Waals surface area contributed by atoms with Crippen LogP contribution in [0.25, 0.3) is 11.1 Å². The molecule has 11 nitrogen and oxygen atoms in total. The highest BCUT2D eigenvalue weighted by Gasteiger charge is 2.40. The Morgan fingerprint density at radius 3 is 2.57 bits per heavy atom. The zero-order chi connectivity index (χ0) is 35.2. The molecule has 1 fully saturated rings. The molecule has 5 heterocycles. The quantitative estimate of drug-likeness (QED) is 0.228. The van der Waals surface area contributed by atoms with Crippen LogP contribution in [-0.2, 0) is 30.4 Å². The molecule has 1 amide bonds. The molecule has 2 atom stereocenters. The van der Waals surface area contributed by atoms with Crippen LogP contribution in [0.15, 0.2) is 42.9 Å². The number of carbonyl (C=O) groups excluding carboxylic acids is 1. The maximum atomic E-state index is 14.9. The van der Waals surface area contributed by atoms with Crippen LogP contribution in [-0.4, -0.2) is 66.9 Å². The molecule has 0 saturated carbocycles. The number of aryl methyl sites for hydroxylation is 2. The number of rotatable bonds is 8. The van der Waals surface area contributed by atoms with E-state index in [9.17, 15) is 27.5 Å². The average Bonchev–Trinajstić information content (AvgIpc) is 3.62. The Hall–Kier alpha value is -4.66. The van der Waals surface area contributed by atoms with Crippen molar-refractivity contribution in [1.29, 1.82) is 0 Å². The zero-order valence-corrected chi connectivity index (χ0v) is 27.9. The minimum absolute atomic E-state index is 0.00953. The lowest BCUT2D eigenvalue weighted by Gasteiger charge is -2.40. The van der Waals surface area contributed by atoms with Crippen molar-refractivity contribution in [3.8, 4) is 16.9 Å². The van der Waals surface area contributed by atoms with E-state index in [1.54, 1.807) is 57.1 Å². The fourth-order valence-corrected chi connectivity index (χ4v) is 6.14. The topological polar surface area (TPSA) is 120 Å². The van der Waals surface area contributed by atoms with Crippen molar-refractivity contribution in [1.82, 2.24) is 29.6 Å². The van der Waals surface area contributed by atoms with E-state index in [0.717, 1.165) is 5.82 Å². The first-order valence-corrected chi connectivity index (χ1v) is 16.1. The van der Waals surface area contributed by atoms with Gasteiger partial charge in [-0.15, -0.1) is 0 Å². The molecule has 4 aromatic rings. The van der Waals surface area contributed by atoms with Crippen LogP contribution in [0.1, 0.15) is 62.1 Å².